The molecular weight excluding hydrogens is 204 g/mol. The lowest BCUT2D eigenvalue weighted by Crippen LogP contribution is -2.28. The minimum Gasteiger partial charge on any atom is -0.281 e. The number of nitrogens with one attached hydrogen (secondary N) is 1. The smallest absolute Gasteiger partial charge is 0.281 e. The van der Waals surface area contributed by atoms with E-state index in [0.717, 1.165) is 0 Å². The summed E-state index contributed by atoms with van der Waals surface area (Å²) in [6, 6.07) is 0. The van der Waals surface area contributed by atoms with Crippen molar-refractivity contribution in [1.29, 1.82) is 0 Å². The molecule has 1 rings (SSSR count). The fourth-order valence-corrected chi connectivity index (χ4v) is 1.31. The van der Waals surface area contributed by atoms with E-state index in [0.29, 0.717) is 11.9 Å². The van der Waals surface area contributed by atoms with Crippen LogP contribution in [0, 0.1) is 0 Å². The number of hydrogen-bond acceptors (Lipinski definition) is 8. The van der Waals surface area contributed by atoms with E-state index in [2.05, 4.69) is 19.3 Å². The second-order valence-electron chi connectivity index (χ2n) is 1.72. The highest BCUT2D eigenvalue weighted by Crippen LogP contribution is 2.10. The predicted octanol–water partition coefficient (Wildman–Crippen LogP) is -0.437. The predicted molar refractivity (Wildman–Crippen MR) is 40.6 cm³/mol. The molecule has 7 nitrogen and oxygen atoms in total. The summed E-state index contributed by atoms with van der Waals surface area (Å²) in [5, 5.41) is 9.12. The molecule has 0 saturated heterocycles. The Balaban J connectivity index is 2.48. The average molecular weight is 208 g/mol. The molecule has 9 heteroatoms. The van der Waals surface area contributed by atoms with Gasteiger partial charge in [0.25, 0.3) is 5.12 Å². The molecule has 1 aliphatic heterocycles. The molecule has 0 aromatic carbocycles. The van der Waals surface area contributed by atoms with Gasteiger partial charge >= 0.3 is 10.5 Å². The van der Waals surface area contributed by atoms with E-state index in [4.69, 9.17) is 0 Å². The third-order valence-electron chi connectivity index (χ3n) is 0.964. The summed E-state index contributed by atoms with van der Waals surface area (Å²) in [5.74, 6) is 0. The van der Waals surface area contributed by atoms with E-state index in [1.807, 2.05) is 0 Å². The van der Waals surface area contributed by atoms with Gasteiger partial charge in [-0.05, 0) is 0 Å². The summed E-state index contributed by atoms with van der Waals surface area (Å²) in [6.07, 6.45) is -0.762. The van der Waals surface area contributed by atoms with Gasteiger partial charge in [0.1, 0.15) is 6.67 Å². The molecule has 0 radical (unpaired) electrons. The van der Waals surface area contributed by atoms with E-state index in [1.165, 1.54) is 0 Å². The van der Waals surface area contributed by atoms with Crippen LogP contribution < -0.4 is 5.32 Å². The highest BCUT2D eigenvalue weighted by molar-refractivity contribution is 8.14. The van der Waals surface area contributed by atoms with Gasteiger partial charge in [-0.3, -0.25) is 10.1 Å². The van der Waals surface area contributed by atoms with Crippen LogP contribution in [0.15, 0.2) is 14.0 Å². The molecular formula is C3H4N4O3S2. The number of rotatable bonds is 2. The van der Waals surface area contributed by atoms with Gasteiger partial charge in [-0.1, -0.05) is 3.77 Å². The first-order valence-electron chi connectivity index (χ1n) is 2.81. The van der Waals surface area contributed by atoms with Crippen LogP contribution in [0.5, 0.6) is 0 Å². The van der Waals surface area contributed by atoms with Crippen LogP contribution >= 0.6 is 11.9 Å². The molecule has 0 spiro atoms. The van der Waals surface area contributed by atoms with Crippen molar-refractivity contribution in [3.8, 4) is 0 Å². The molecule has 0 fully saturated rings. The van der Waals surface area contributed by atoms with Crippen LogP contribution in [0.3, 0.4) is 0 Å². The second kappa shape index (κ2) is 4.28. The maximum atomic E-state index is 10.9. The molecule has 1 atom stereocenters. The van der Waals surface area contributed by atoms with Crippen molar-refractivity contribution in [3.63, 3.8) is 0 Å². The fourth-order valence-electron chi connectivity index (χ4n) is 0.538. The molecule has 66 valence electrons. The van der Waals surface area contributed by atoms with Gasteiger partial charge in [-0.15, -0.1) is 0 Å². The molecule has 0 aromatic heterocycles. The molecule has 1 N–H and O–H groups in total. The van der Waals surface area contributed by atoms with E-state index in [-0.39, 0.29) is 6.67 Å². The summed E-state index contributed by atoms with van der Waals surface area (Å²) in [7, 11) is -2.57. The molecule has 0 aliphatic carbocycles. The summed E-state index contributed by atoms with van der Waals surface area (Å²) >= 11 is 0.339. The number of carbonyl (C=O) groups is 1. The second-order valence-corrected chi connectivity index (χ2v) is 3.34. The summed E-state index contributed by atoms with van der Waals surface area (Å²) < 4.78 is 22.7. The Morgan fingerprint density at radius 3 is 2.92 bits per heavy atom. The number of carbonyl (C=O) groups excluding carboxylic acids is 1. The Hall–Kier alpha value is -0.800. The van der Waals surface area contributed by atoms with Crippen LogP contribution in [-0.4, -0.2) is 26.4 Å². The van der Waals surface area contributed by atoms with Crippen LogP contribution in [0.2, 0.25) is 0 Å². The van der Waals surface area contributed by atoms with Crippen LogP contribution in [0.25, 0.3) is 0 Å². The standard InChI is InChI=1S/C3H4N4O3S2/c8-3(11-7-12(9)10)2-4-1-5-6-2/h2,4H,1H2. The minimum atomic E-state index is -2.57. The molecule has 1 unspecified atom stereocenters. The molecule has 0 amide bonds. The lowest BCUT2D eigenvalue weighted by Gasteiger charge is -1.98. The fraction of sp³-hybridized carbons (Fsp3) is 0.667. The molecule has 1 aliphatic rings. The molecule has 0 saturated carbocycles. The normalized spacial score (nSPS) is 20.8. The Labute approximate surface area is 73.5 Å². The first-order valence-corrected chi connectivity index (χ1v) is 4.62. The zero-order chi connectivity index (χ0) is 8.97. The third-order valence-corrected chi connectivity index (χ3v) is 2.15. The van der Waals surface area contributed by atoms with Crippen molar-refractivity contribution in [1.82, 2.24) is 5.32 Å². The van der Waals surface area contributed by atoms with Crippen LogP contribution in [0.4, 0.5) is 0 Å². The average Bonchev–Trinajstić information content (AvgIpc) is 2.51. The van der Waals surface area contributed by atoms with Gasteiger partial charge in [0.05, 0.1) is 11.9 Å². The topological polar surface area (TPSA) is 100 Å². The summed E-state index contributed by atoms with van der Waals surface area (Å²) in [4.78, 5) is 10.9. The number of nitrogens with zero attached hydrogens (tertiary/aromatic N) is 3. The van der Waals surface area contributed by atoms with E-state index in [1.54, 1.807) is 0 Å². The van der Waals surface area contributed by atoms with Crippen molar-refractivity contribution in [2.45, 2.75) is 6.17 Å². The Bertz CT molecular complexity index is 325. The highest BCUT2D eigenvalue weighted by atomic mass is 32.2. The third kappa shape index (κ3) is 2.68. The quantitative estimate of drug-likeness (QED) is 0.620. The largest absolute Gasteiger partial charge is 0.323 e. The van der Waals surface area contributed by atoms with Gasteiger partial charge in [-0.25, -0.2) is 0 Å². The molecule has 1 heterocycles. The lowest BCUT2D eigenvalue weighted by atomic mass is 10.6. The zero-order valence-electron chi connectivity index (χ0n) is 5.67. The first-order chi connectivity index (χ1) is 5.70. The summed E-state index contributed by atoms with van der Waals surface area (Å²) in [6.45, 7) is 0.275. The van der Waals surface area contributed by atoms with Crippen LogP contribution in [-0.2, 0) is 15.3 Å². The lowest BCUT2D eigenvalue weighted by molar-refractivity contribution is -0.112. The first kappa shape index (κ1) is 9.29. The Morgan fingerprint density at radius 1 is 1.67 bits per heavy atom. The SMILES string of the molecule is O=C(SN=S(=O)=O)C1N=NCN1. The molecule has 12 heavy (non-hydrogen) atoms. The van der Waals surface area contributed by atoms with Gasteiger partial charge in [0.2, 0.25) is 0 Å². The van der Waals surface area contributed by atoms with Crippen LogP contribution in [0.1, 0.15) is 0 Å². The van der Waals surface area contributed by atoms with Crippen molar-refractivity contribution < 1.29 is 13.2 Å². The van der Waals surface area contributed by atoms with Crippen molar-refractivity contribution in [3.05, 3.63) is 0 Å². The summed E-state index contributed by atoms with van der Waals surface area (Å²) in [5.41, 5.74) is 0. The van der Waals surface area contributed by atoms with Crippen molar-refractivity contribution in [2.75, 3.05) is 6.67 Å². The monoisotopic (exact) mass is 208 g/mol. The maximum absolute atomic E-state index is 10.9. The van der Waals surface area contributed by atoms with Gasteiger partial charge < -0.3 is 0 Å². The molecule has 0 bridgehead atoms. The molecule has 0 aromatic rings. The van der Waals surface area contributed by atoms with Crippen molar-refractivity contribution in [2.24, 2.45) is 14.0 Å². The highest BCUT2D eigenvalue weighted by Gasteiger charge is 2.20. The zero-order valence-corrected chi connectivity index (χ0v) is 7.30. The van der Waals surface area contributed by atoms with E-state index < -0.39 is 21.8 Å². The van der Waals surface area contributed by atoms with Crippen molar-refractivity contribution >= 4 is 27.6 Å². The Kier molecular flexibility index (Phi) is 3.31. The van der Waals surface area contributed by atoms with Gasteiger partial charge in [0.15, 0.2) is 6.17 Å². The van der Waals surface area contributed by atoms with Gasteiger partial charge in [-0.2, -0.15) is 18.6 Å². The maximum Gasteiger partial charge on any atom is 0.323 e. The minimum absolute atomic E-state index is 0.275. The number of azo groups is 1. The Morgan fingerprint density at radius 2 is 2.42 bits per heavy atom. The van der Waals surface area contributed by atoms with Gasteiger partial charge in [0, 0.05) is 0 Å². The number of hydrogen-bond donors (Lipinski definition) is 1. The van der Waals surface area contributed by atoms with E-state index >= 15 is 0 Å². The van der Waals surface area contributed by atoms with E-state index in [9.17, 15) is 13.2 Å².